The normalized spacial score (nSPS) is 13.6. The van der Waals surface area contributed by atoms with Gasteiger partial charge in [0.25, 0.3) is 0 Å². The van der Waals surface area contributed by atoms with Crippen LogP contribution in [0.2, 0.25) is 0 Å². The molecule has 0 spiro atoms. The Labute approximate surface area is 222 Å². The molecule has 11 heteroatoms. The molecule has 1 aromatic carbocycles. The molecule has 9 nitrogen and oxygen atoms in total. The molecule has 0 radical (unpaired) electrons. The number of rotatable bonds is 5. The molecule has 4 aromatic heterocycles. The number of hydrogen-bond donors (Lipinski definition) is 2. The second-order valence-electron chi connectivity index (χ2n) is 9.10. The fraction of sp³-hybridized carbons (Fsp3) is 0.179. The largest absolute Gasteiger partial charge is 0.378 e. The number of fused-ring (bicyclic) bond motifs is 1. The van der Waals surface area contributed by atoms with Crippen LogP contribution in [0.15, 0.2) is 61.2 Å². The fourth-order valence-corrected chi connectivity index (χ4v) is 4.67. The van der Waals surface area contributed by atoms with Crippen LogP contribution < -0.4 is 16.0 Å². The van der Waals surface area contributed by atoms with Crippen LogP contribution in [0.4, 0.5) is 31.9 Å². The second-order valence-corrected chi connectivity index (χ2v) is 9.10. The molecular formula is C28H24F2N8O. The van der Waals surface area contributed by atoms with Crippen LogP contribution in [0.3, 0.4) is 0 Å². The maximum Gasteiger partial charge on any atom is 0.219 e. The topological polar surface area (TPSA) is 115 Å². The van der Waals surface area contributed by atoms with E-state index in [4.69, 9.17) is 10.5 Å². The first-order valence-electron chi connectivity index (χ1n) is 12.4. The molecule has 0 amide bonds. The average molecular weight is 527 g/mol. The summed E-state index contributed by atoms with van der Waals surface area (Å²) in [5, 5.41) is 3.60. The van der Waals surface area contributed by atoms with Crippen molar-refractivity contribution < 1.29 is 13.5 Å². The van der Waals surface area contributed by atoms with E-state index in [9.17, 15) is 4.39 Å². The quantitative estimate of drug-likeness (QED) is 0.330. The molecule has 1 aliphatic heterocycles. The van der Waals surface area contributed by atoms with E-state index in [1.807, 2.05) is 19.1 Å². The molecule has 39 heavy (non-hydrogen) atoms. The highest BCUT2D eigenvalue weighted by Gasteiger charge is 2.21. The highest BCUT2D eigenvalue weighted by Crippen LogP contribution is 2.39. The van der Waals surface area contributed by atoms with Crippen molar-refractivity contribution >= 4 is 34.0 Å². The van der Waals surface area contributed by atoms with Crippen molar-refractivity contribution in [3.8, 4) is 22.5 Å². The minimum atomic E-state index is -0.726. The molecule has 6 rings (SSSR count). The first-order chi connectivity index (χ1) is 19.0. The van der Waals surface area contributed by atoms with Gasteiger partial charge in [0.15, 0.2) is 0 Å². The maximum absolute atomic E-state index is 15.4. The lowest BCUT2D eigenvalue weighted by Gasteiger charge is -2.28. The number of ether oxygens (including phenoxy) is 1. The Kier molecular flexibility index (Phi) is 6.41. The zero-order valence-electron chi connectivity index (χ0n) is 21.0. The van der Waals surface area contributed by atoms with Gasteiger partial charge in [-0.25, -0.2) is 28.7 Å². The minimum Gasteiger partial charge on any atom is -0.378 e. The number of morpholine rings is 1. The summed E-state index contributed by atoms with van der Waals surface area (Å²) < 4.78 is 35.2. The summed E-state index contributed by atoms with van der Waals surface area (Å²) in [5.74, 6) is -0.567. The van der Waals surface area contributed by atoms with Gasteiger partial charge in [-0.2, -0.15) is 0 Å². The molecule has 3 N–H and O–H groups in total. The molecule has 5 heterocycles. The molecule has 5 aromatic rings. The molecule has 1 aliphatic rings. The molecule has 0 unspecified atom stereocenters. The number of nitrogens with one attached hydrogen (secondary N) is 1. The van der Waals surface area contributed by atoms with E-state index in [-0.39, 0.29) is 16.9 Å². The summed E-state index contributed by atoms with van der Waals surface area (Å²) in [6, 6.07) is 9.41. The van der Waals surface area contributed by atoms with Crippen molar-refractivity contribution in [1.82, 2.24) is 24.9 Å². The van der Waals surface area contributed by atoms with Gasteiger partial charge in [0, 0.05) is 72.8 Å². The third kappa shape index (κ3) is 4.79. The number of pyridine rings is 3. The molecule has 0 saturated carbocycles. The number of halogens is 2. The predicted octanol–water partition coefficient (Wildman–Crippen LogP) is 4.90. The van der Waals surface area contributed by atoms with Crippen LogP contribution in [-0.2, 0) is 4.74 Å². The van der Waals surface area contributed by atoms with Crippen LogP contribution >= 0.6 is 0 Å². The van der Waals surface area contributed by atoms with Crippen molar-refractivity contribution in [2.45, 2.75) is 6.92 Å². The van der Waals surface area contributed by atoms with E-state index < -0.39 is 11.6 Å². The van der Waals surface area contributed by atoms with Gasteiger partial charge in [0.05, 0.1) is 46.9 Å². The summed E-state index contributed by atoms with van der Waals surface area (Å²) in [5.41, 5.74) is 10.0. The highest BCUT2D eigenvalue weighted by molar-refractivity contribution is 5.99. The SMILES string of the molecule is Cc1c(-c2ccccn2)nc2cc(F)cc(F)c2c1Nc1cc(N2CCOCC2)ncc1-c1cnc(N)nc1. The van der Waals surface area contributed by atoms with Crippen molar-refractivity contribution in [3.63, 3.8) is 0 Å². The monoisotopic (exact) mass is 526 g/mol. The Bertz CT molecular complexity index is 1660. The van der Waals surface area contributed by atoms with Gasteiger partial charge in [-0.15, -0.1) is 0 Å². The van der Waals surface area contributed by atoms with Crippen molar-refractivity contribution in [2.24, 2.45) is 0 Å². The van der Waals surface area contributed by atoms with Gasteiger partial charge in [-0.3, -0.25) is 4.98 Å². The zero-order chi connectivity index (χ0) is 26.9. The predicted molar refractivity (Wildman–Crippen MR) is 146 cm³/mol. The molecular weight excluding hydrogens is 502 g/mol. The van der Waals surface area contributed by atoms with Crippen LogP contribution in [0.25, 0.3) is 33.4 Å². The van der Waals surface area contributed by atoms with E-state index in [0.29, 0.717) is 65.8 Å². The number of nitrogens with two attached hydrogens (primary N) is 1. The van der Waals surface area contributed by atoms with Gasteiger partial charge >= 0.3 is 0 Å². The summed E-state index contributed by atoms with van der Waals surface area (Å²) in [7, 11) is 0. The standard InChI is InChI=1S/C28H24F2N8O/c1-16-26(21-4-2-3-5-32-21)37-23-11-18(29)10-20(30)25(23)27(16)36-22-12-24(38-6-8-39-9-7-38)33-15-19(22)17-13-34-28(31)35-14-17/h2-5,10-15H,6-9H2,1H3,(H2,31,34,35)(H,33,36,37). The number of anilines is 4. The Hall–Kier alpha value is -4.77. The summed E-state index contributed by atoms with van der Waals surface area (Å²) >= 11 is 0. The van der Waals surface area contributed by atoms with Gasteiger partial charge < -0.3 is 20.7 Å². The van der Waals surface area contributed by atoms with Gasteiger partial charge in [0.2, 0.25) is 5.95 Å². The Morgan fingerprint density at radius 2 is 1.77 bits per heavy atom. The second kappa shape index (κ2) is 10.2. The van der Waals surface area contributed by atoms with Crippen molar-refractivity contribution in [3.05, 3.63) is 78.4 Å². The number of hydrogen-bond acceptors (Lipinski definition) is 9. The third-order valence-corrected chi connectivity index (χ3v) is 6.62. The third-order valence-electron chi connectivity index (χ3n) is 6.62. The zero-order valence-corrected chi connectivity index (χ0v) is 21.0. The van der Waals surface area contributed by atoms with Crippen LogP contribution in [0, 0.1) is 18.6 Å². The minimum absolute atomic E-state index is 0.145. The lowest BCUT2D eigenvalue weighted by Crippen LogP contribution is -2.36. The molecule has 196 valence electrons. The van der Waals surface area contributed by atoms with Gasteiger partial charge in [-0.05, 0) is 19.1 Å². The lowest BCUT2D eigenvalue weighted by atomic mass is 10.0. The highest BCUT2D eigenvalue weighted by atomic mass is 19.1. The Balaban J connectivity index is 1.56. The summed E-state index contributed by atoms with van der Waals surface area (Å²) in [6.45, 7) is 4.39. The summed E-state index contributed by atoms with van der Waals surface area (Å²) in [4.78, 5) is 24.1. The lowest BCUT2D eigenvalue weighted by molar-refractivity contribution is 0.122. The maximum atomic E-state index is 15.4. The van der Waals surface area contributed by atoms with Crippen LogP contribution in [-0.4, -0.2) is 51.2 Å². The van der Waals surface area contributed by atoms with Gasteiger partial charge in [-0.1, -0.05) is 6.07 Å². The summed E-state index contributed by atoms with van der Waals surface area (Å²) in [6.07, 6.45) is 6.57. The van der Waals surface area contributed by atoms with Crippen molar-refractivity contribution in [1.29, 1.82) is 0 Å². The van der Waals surface area contributed by atoms with Crippen LogP contribution in [0.5, 0.6) is 0 Å². The van der Waals surface area contributed by atoms with E-state index in [1.54, 1.807) is 36.9 Å². The van der Waals surface area contributed by atoms with Crippen molar-refractivity contribution in [2.75, 3.05) is 42.3 Å². The van der Waals surface area contributed by atoms with Gasteiger partial charge in [0.1, 0.15) is 17.5 Å². The van der Waals surface area contributed by atoms with E-state index in [2.05, 4.69) is 35.1 Å². The molecule has 0 aliphatic carbocycles. The van der Waals surface area contributed by atoms with E-state index >= 15 is 4.39 Å². The molecule has 0 atom stereocenters. The van der Waals surface area contributed by atoms with E-state index in [0.717, 1.165) is 11.9 Å². The molecule has 0 bridgehead atoms. The van der Waals surface area contributed by atoms with Crippen LogP contribution in [0.1, 0.15) is 5.56 Å². The molecule has 1 saturated heterocycles. The number of nitrogen functional groups attached to an aromatic ring is 1. The van der Waals surface area contributed by atoms with E-state index in [1.165, 1.54) is 6.07 Å². The average Bonchev–Trinajstić information content (AvgIpc) is 2.95. The molecule has 1 fully saturated rings. The Morgan fingerprint density at radius 1 is 0.974 bits per heavy atom. The number of aromatic nitrogens is 5. The fourth-order valence-electron chi connectivity index (χ4n) is 4.67. The first kappa shape index (κ1) is 24.6. The first-order valence-corrected chi connectivity index (χ1v) is 12.4. The smallest absolute Gasteiger partial charge is 0.219 e. The Morgan fingerprint density at radius 3 is 2.51 bits per heavy atom. The number of nitrogens with zero attached hydrogens (tertiary/aromatic N) is 6. The number of benzene rings is 1.